The van der Waals surface area contributed by atoms with Crippen LogP contribution in [-0.4, -0.2) is 41.8 Å². The molecule has 0 bridgehead atoms. The highest BCUT2D eigenvalue weighted by Crippen LogP contribution is 2.36. The van der Waals surface area contributed by atoms with E-state index in [4.69, 9.17) is 10.5 Å². The Labute approximate surface area is 213 Å². The standard InChI is InChI=1S/C24H23F5N6O3/c1-2-31-10-14(9-30)21(36)35-23(5-6-38-13-23)22(37)33-12-20-18(26)8-16(11-32-20)34-19-4-3-15(25)7-17(19)24(27,28)29/h2-4,7-11,34H,1,5-6,12-13,30H2,(H,33,37)(H,35,36)/b14-9+,31-10?/t23-/m0/s1. The minimum Gasteiger partial charge on any atom is -0.404 e. The molecule has 3 rings (SSSR count). The number of nitrogens with two attached hydrogens (primary N) is 1. The van der Waals surface area contributed by atoms with Gasteiger partial charge >= 0.3 is 6.18 Å². The molecule has 1 atom stereocenters. The molecular formula is C24H23F5N6O3. The highest BCUT2D eigenvalue weighted by atomic mass is 19.4. The number of hydrogen-bond donors (Lipinski definition) is 4. The molecule has 1 aromatic carbocycles. The maximum absolute atomic E-state index is 14.7. The summed E-state index contributed by atoms with van der Waals surface area (Å²) in [6, 6.07) is 2.89. The number of hydrogen-bond acceptors (Lipinski definition) is 7. The van der Waals surface area contributed by atoms with Gasteiger partial charge in [0.1, 0.15) is 17.2 Å². The summed E-state index contributed by atoms with van der Waals surface area (Å²) in [5.74, 6) is -3.39. The van der Waals surface area contributed by atoms with Crippen LogP contribution in [0.1, 0.15) is 17.7 Å². The average Bonchev–Trinajstić information content (AvgIpc) is 3.34. The number of carbonyl (C=O) groups is 2. The summed E-state index contributed by atoms with van der Waals surface area (Å²) in [5.41, 5.74) is 1.82. The Balaban J connectivity index is 1.71. The smallest absolute Gasteiger partial charge is 0.404 e. The summed E-state index contributed by atoms with van der Waals surface area (Å²) in [4.78, 5) is 33.1. The minimum absolute atomic E-state index is 0.0328. The first-order valence-corrected chi connectivity index (χ1v) is 11.0. The average molecular weight is 538 g/mol. The molecule has 0 unspecified atom stereocenters. The Bertz CT molecular complexity index is 1270. The van der Waals surface area contributed by atoms with E-state index < -0.39 is 53.0 Å². The number of nitrogens with one attached hydrogen (secondary N) is 3. The van der Waals surface area contributed by atoms with E-state index in [1.54, 1.807) is 0 Å². The number of ether oxygens (including phenoxy) is 1. The van der Waals surface area contributed by atoms with Crippen molar-refractivity contribution in [1.82, 2.24) is 15.6 Å². The molecule has 1 aliphatic rings. The SMILES string of the molecule is C=CN=C/C(=C\N)C(=O)N[C@@]1(C(=O)NCc2ncc(Nc3ccc(F)cc3C(F)(F)F)cc2F)CCOC1. The molecule has 9 nitrogen and oxygen atoms in total. The van der Waals surface area contributed by atoms with Crippen LogP contribution in [0.5, 0.6) is 0 Å². The molecule has 0 spiro atoms. The second-order valence-electron chi connectivity index (χ2n) is 8.07. The summed E-state index contributed by atoms with van der Waals surface area (Å²) in [7, 11) is 0. The predicted molar refractivity (Wildman–Crippen MR) is 128 cm³/mol. The van der Waals surface area contributed by atoms with Crippen LogP contribution >= 0.6 is 0 Å². The van der Waals surface area contributed by atoms with E-state index in [2.05, 4.69) is 32.5 Å². The minimum atomic E-state index is -4.85. The number of anilines is 2. The summed E-state index contributed by atoms with van der Waals surface area (Å²) < 4.78 is 72.9. The van der Waals surface area contributed by atoms with Crippen LogP contribution in [0.15, 0.2) is 60.0 Å². The van der Waals surface area contributed by atoms with Crippen molar-refractivity contribution in [1.29, 1.82) is 0 Å². The van der Waals surface area contributed by atoms with Gasteiger partial charge in [-0.25, -0.2) is 8.78 Å². The Morgan fingerprint density at radius 3 is 2.63 bits per heavy atom. The highest BCUT2D eigenvalue weighted by molar-refractivity contribution is 6.13. The first-order valence-electron chi connectivity index (χ1n) is 11.0. The molecule has 2 heterocycles. The molecule has 14 heteroatoms. The molecule has 0 aliphatic carbocycles. The van der Waals surface area contributed by atoms with Crippen molar-refractivity contribution in [3.8, 4) is 0 Å². The van der Waals surface area contributed by atoms with Gasteiger partial charge in [-0.05, 0) is 18.2 Å². The molecule has 1 fully saturated rings. The Morgan fingerprint density at radius 2 is 2.03 bits per heavy atom. The number of pyridine rings is 1. The van der Waals surface area contributed by atoms with Crippen molar-refractivity contribution in [3.05, 3.63) is 77.9 Å². The maximum Gasteiger partial charge on any atom is 0.418 e. The Hall–Kier alpha value is -4.33. The quantitative estimate of drug-likeness (QED) is 0.221. The predicted octanol–water partition coefficient (Wildman–Crippen LogP) is 3.07. The van der Waals surface area contributed by atoms with Crippen molar-refractivity contribution in [2.75, 3.05) is 18.5 Å². The van der Waals surface area contributed by atoms with Crippen molar-refractivity contribution in [3.63, 3.8) is 0 Å². The molecule has 5 N–H and O–H groups in total. The van der Waals surface area contributed by atoms with Crippen LogP contribution in [0.3, 0.4) is 0 Å². The number of aliphatic imine (C=N–C) groups is 1. The molecular weight excluding hydrogens is 515 g/mol. The van der Waals surface area contributed by atoms with Gasteiger partial charge in [-0.15, -0.1) is 0 Å². The van der Waals surface area contributed by atoms with E-state index in [-0.39, 0.29) is 36.6 Å². The number of benzene rings is 1. The third-order valence-electron chi connectivity index (χ3n) is 5.47. The van der Waals surface area contributed by atoms with Gasteiger partial charge in [0, 0.05) is 37.7 Å². The normalized spacial score (nSPS) is 17.9. The summed E-state index contributed by atoms with van der Waals surface area (Å²) >= 11 is 0. The van der Waals surface area contributed by atoms with Gasteiger partial charge in [0.15, 0.2) is 0 Å². The van der Waals surface area contributed by atoms with E-state index in [1.807, 2.05) is 0 Å². The van der Waals surface area contributed by atoms with E-state index in [0.717, 1.165) is 36.8 Å². The molecule has 2 amide bonds. The summed E-state index contributed by atoms with van der Waals surface area (Å²) in [5, 5.41) is 7.42. The summed E-state index contributed by atoms with van der Waals surface area (Å²) in [6.45, 7) is 3.01. The molecule has 1 aliphatic heterocycles. The number of halogens is 5. The first-order chi connectivity index (χ1) is 18.0. The van der Waals surface area contributed by atoms with Crippen LogP contribution < -0.4 is 21.7 Å². The van der Waals surface area contributed by atoms with E-state index in [0.29, 0.717) is 6.07 Å². The van der Waals surface area contributed by atoms with Crippen LogP contribution in [0, 0.1) is 11.6 Å². The van der Waals surface area contributed by atoms with Gasteiger partial charge in [-0.1, -0.05) is 6.58 Å². The largest absolute Gasteiger partial charge is 0.418 e. The Kier molecular flexibility index (Phi) is 8.78. The van der Waals surface area contributed by atoms with Gasteiger partial charge in [0.2, 0.25) is 5.91 Å². The van der Waals surface area contributed by atoms with Gasteiger partial charge < -0.3 is 26.4 Å². The fourth-order valence-electron chi connectivity index (χ4n) is 3.51. The van der Waals surface area contributed by atoms with Gasteiger partial charge in [0.05, 0.1) is 47.6 Å². The number of amides is 2. The topological polar surface area (TPSA) is 131 Å². The lowest BCUT2D eigenvalue weighted by atomic mass is 9.96. The van der Waals surface area contributed by atoms with Crippen LogP contribution in [0.4, 0.5) is 33.3 Å². The van der Waals surface area contributed by atoms with E-state index >= 15 is 0 Å². The molecule has 1 aromatic heterocycles. The number of rotatable bonds is 9. The first kappa shape index (κ1) is 28.2. The highest BCUT2D eigenvalue weighted by Gasteiger charge is 2.44. The molecule has 202 valence electrons. The lowest BCUT2D eigenvalue weighted by Crippen LogP contribution is -2.59. The molecule has 1 saturated heterocycles. The van der Waals surface area contributed by atoms with Gasteiger partial charge in [0.25, 0.3) is 5.91 Å². The van der Waals surface area contributed by atoms with Crippen molar-refractivity contribution in [2.24, 2.45) is 10.7 Å². The third-order valence-corrected chi connectivity index (χ3v) is 5.47. The number of aromatic nitrogens is 1. The maximum atomic E-state index is 14.7. The fraction of sp³-hybridized carbons (Fsp3) is 0.250. The zero-order chi connectivity index (χ0) is 27.9. The van der Waals surface area contributed by atoms with E-state index in [9.17, 15) is 31.5 Å². The third kappa shape index (κ3) is 6.70. The van der Waals surface area contributed by atoms with Gasteiger partial charge in [-0.3, -0.25) is 19.6 Å². The van der Waals surface area contributed by atoms with E-state index in [1.165, 1.54) is 6.20 Å². The summed E-state index contributed by atoms with van der Waals surface area (Å²) in [6.07, 6.45) is -0.324. The van der Waals surface area contributed by atoms with Crippen LogP contribution in [-0.2, 0) is 27.0 Å². The van der Waals surface area contributed by atoms with Crippen molar-refractivity contribution >= 4 is 29.4 Å². The zero-order valence-corrected chi connectivity index (χ0v) is 19.7. The zero-order valence-electron chi connectivity index (χ0n) is 19.7. The van der Waals surface area contributed by atoms with Crippen molar-refractivity contribution in [2.45, 2.75) is 24.7 Å². The lowest BCUT2D eigenvalue weighted by molar-refractivity contribution is -0.137. The fourth-order valence-corrected chi connectivity index (χ4v) is 3.51. The second-order valence-corrected chi connectivity index (χ2v) is 8.07. The monoisotopic (exact) mass is 538 g/mol. The molecule has 2 aromatic rings. The van der Waals surface area contributed by atoms with Crippen LogP contribution in [0.25, 0.3) is 0 Å². The van der Waals surface area contributed by atoms with Crippen LogP contribution in [0.2, 0.25) is 0 Å². The van der Waals surface area contributed by atoms with Gasteiger partial charge in [-0.2, -0.15) is 13.2 Å². The number of carbonyl (C=O) groups excluding carboxylic acids is 2. The lowest BCUT2D eigenvalue weighted by Gasteiger charge is -2.27. The number of nitrogens with zero attached hydrogens (tertiary/aromatic N) is 2. The second kappa shape index (κ2) is 11.8. The number of alkyl halides is 3. The molecule has 0 saturated carbocycles. The molecule has 38 heavy (non-hydrogen) atoms. The Morgan fingerprint density at radius 1 is 1.26 bits per heavy atom. The molecule has 0 radical (unpaired) electrons. The van der Waals surface area contributed by atoms with Crippen molar-refractivity contribution < 1.29 is 36.3 Å².